The van der Waals surface area contributed by atoms with E-state index in [1.165, 1.54) is 0 Å². The summed E-state index contributed by atoms with van der Waals surface area (Å²) in [5.41, 5.74) is 0. The van der Waals surface area contributed by atoms with Crippen LogP contribution in [0.15, 0.2) is 0 Å². The van der Waals surface area contributed by atoms with Crippen molar-refractivity contribution in [3.8, 4) is 0 Å². The lowest BCUT2D eigenvalue weighted by atomic mass is 10.1. The van der Waals surface area contributed by atoms with E-state index < -0.39 is 0 Å². The van der Waals surface area contributed by atoms with E-state index in [1.807, 2.05) is 0 Å². The van der Waals surface area contributed by atoms with Crippen LogP contribution in [0.2, 0.25) is 0 Å². The smallest absolute Gasteiger partial charge is 0.204 e. The number of thiocarbonyl (C=S) groups is 1. The summed E-state index contributed by atoms with van der Waals surface area (Å²) in [6.45, 7) is 4.26. The molecule has 0 saturated carbocycles. The maximum Gasteiger partial charge on any atom is 0.204 e. The molecule has 0 amide bonds. The van der Waals surface area contributed by atoms with Crippen LogP contribution in [0.3, 0.4) is 0 Å². The highest BCUT2D eigenvalue weighted by molar-refractivity contribution is 7.80. The average molecular weight is 148 g/mol. The van der Waals surface area contributed by atoms with Gasteiger partial charge in [0, 0.05) is 6.42 Å². The summed E-state index contributed by atoms with van der Waals surface area (Å²) in [5.74, 6) is 0.636. The molecule has 8 heavy (non-hydrogen) atoms. The maximum atomic E-state index is 4.93. The standard InChI is InChI=1S/C5H12OSSi/c1-4(2)3-5(7)6-8/h4H,3H2,1-2,8H3. The second-order valence-corrected chi connectivity index (χ2v) is 3.04. The molecule has 1 nitrogen and oxygen atoms in total. The van der Waals surface area contributed by atoms with E-state index in [9.17, 15) is 0 Å². The number of hydrogen-bond acceptors (Lipinski definition) is 2. The molecule has 0 bridgehead atoms. The molecule has 0 heterocycles. The SMILES string of the molecule is CC(C)CC(=S)O[SiH3]. The third-order valence-electron chi connectivity index (χ3n) is 0.803. The van der Waals surface area contributed by atoms with Crippen molar-refractivity contribution in [2.24, 2.45) is 5.92 Å². The predicted octanol–water partition coefficient (Wildman–Crippen LogP) is 0.657. The van der Waals surface area contributed by atoms with Gasteiger partial charge in [0.15, 0.2) is 0 Å². The van der Waals surface area contributed by atoms with Crippen molar-refractivity contribution in [3.63, 3.8) is 0 Å². The Kier molecular flexibility index (Phi) is 4.09. The first-order valence-corrected chi connectivity index (χ1v) is 3.96. The first kappa shape index (κ1) is 8.11. The maximum absolute atomic E-state index is 4.93. The van der Waals surface area contributed by atoms with Gasteiger partial charge in [-0.2, -0.15) is 0 Å². The Hall–Kier alpha value is 0.107. The van der Waals surface area contributed by atoms with Crippen LogP contribution in [0.25, 0.3) is 0 Å². The highest BCUT2D eigenvalue weighted by atomic mass is 32.1. The van der Waals surface area contributed by atoms with Crippen LogP contribution in [0.4, 0.5) is 0 Å². The Balaban J connectivity index is 3.25. The zero-order valence-electron chi connectivity index (χ0n) is 5.60. The van der Waals surface area contributed by atoms with Crippen molar-refractivity contribution < 1.29 is 4.43 Å². The summed E-state index contributed by atoms with van der Waals surface area (Å²) in [6, 6.07) is 0. The molecule has 0 unspecified atom stereocenters. The molecule has 3 heteroatoms. The fraction of sp³-hybridized carbons (Fsp3) is 0.800. The molecule has 0 aromatic carbocycles. The first-order chi connectivity index (χ1) is 3.66. The van der Waals surface area contributed by atoms with Crippen molar-refractivity contribution in [3.05, 3.63) is 0 Å². The largest absolute Gasteiger partial charge is 0.549 e. The third-order valence-corrected chi connectivity index (χ3v) is 1.92. The summed E-state index contributed by atoms with van der Waals surface area (Å²) in [4.78, 5) is 0. The quantitative estimate of drug-likeness (QED) is 0.420. The van der Waals surface area contributed by atoms with Gasteiger partial charge in [-0.05, 0) is 18.1 Å². The fourth-order valence-corrected chi connectivity index (χ4v) is 0.917. The molecule has 0 atom stereocenters. The second kappa shape index (κ2) is 4.03. The van der Waals surface area contributed by atoms with Crippen molar-refractivity contribution >= 4 is 27.8 Å². The molecule has 0 spiro atoms. The third kappa shape index (κ3) is 4.27. The lowest BCUT2D eigenvalue weighted by Crippen LogP contribution is -2.02. The summed E-state index contributed by atoms with van der Waals surface area (Å²) in [5, 5.41) is 0.770. The van der Waals surface area contributed by atoms with Crippen molar-refractivity contribution in [1.29, 1.82) is 0 Å². The van der Waals surface area contributed by atoms with Crippen LogP contribution in [0, 0.1) is 5.92 Å². The van der Waals surface area contributed by atoms with Gasteiger partial charge in [0.1, 0.15) is 5.05 Å². The van der Waals surface area contributed by atoms with Crippen molar-refractivity contribution in [2.75, 3.05) is 0 Å². The molecule has 0 aromatic rings. The molecule has 0 aliphatic carbocycles. The Morgan fingerprint density at radius 2 is 2.25 bits per heavy atom. The predicted molar refractivity (Wildman–Crippen MR) is 43.1 cm³/mol. The van der Waals surface area contributed by atoms with Gasteiger partial charge in [0.25, 0.3) is 0 Å². The van der Waals surface area contributed by atoms with Gasteiger partial charge in [-0.15, -0.1) is 0 Å². The summed E-state index contributed by atoms with van der Waals surface area (Å²) < 4.78 is 4.93. The minimum atomic E-state index is 0.636. The van der Waals surface area contributed by atoms with Gasteiger partial charge in [-0.3, -0.25) is 0 Å². The van der Waals surface area contributed by atoms with Gasteiger partial charge < -0.3 is 4.43 Å². The van der Waals surface area contributed by atoms with Crippen LogP contribution in [0.1, 0.15) is 20.3 Å². The second-order valence-electron chi connectivity index (χ2n) is 2.17. The molecular formula is C5H12OSSi. The van der Waals surface area contributed by atoms with Crippen molar-refractivity contribution in [2.45, 2.75) is 20.3 Å². The first-order valence-electron chi connectivity index (χ1n) is 2.73. The van der Waals surface area contributed by atoms with Gasteiger partial charge in [-0.1, -0.05) is 13.8 Å². The molecule has 0 aliphatic rings. The summed E-state index contributed by atoms with van der Waals surface area (Å²) >= 11 is 4.84. The van der Waals surface area contributed by atoms with E-state index in [-0.39, 0.29) is 0 Å². The van der Waals surface area contributed by atoms with Crippen LogP contribution in [-0.2, 0) is 4.43 Å². The summed E-state index contributed by atoms with van der Waals surface area (Å²) in [7, 11) is 0.737. The highest BCUT2D eigenvalue weighted by Crippen LogP contribution is 2.00. The minimum Gasteiger partial charge on any atom is -0.549 e. The van der Waals surface area contributed by atoms with Crippen LogP contribution in [-0.4, -0.2) is 15.5 Å². The van der Waals surface area contributed by atoms with E-state index in [0.29, 0.717) is 5.92 Å². The topological polar surface area (TPSA) is 9.23 Å². The molecule has 0 saturated heterocycles. The minimum absolute atomic E-state index is 0.636. The van der Waals surface area contributed by atoms with Crippen LogP contribution < -0.4 is 0 Å². The lowest BCUT2D eigenvalue weighted by Gasteiger charge is -2.03. The van der Waals surface area contributed by atoms with E-state index >= 15 is 0 Å². The molecule has 0 radical (unpaired) electrons. The fourth-order valence-electron chi connectivity index (χ4n) is 0.417. The molecule has 0 fully saturated rings. The van der Waals surface area contributed by atoms with Gasteiger partial charge >= 0.3 is 0 Å². The lowest BCUT2D eigenvalue weighted by molar-refractivity contribution is 0.564. The van der Waals surface area contributed by atoms with E-state index in [0.717, 1.165) is 22.0 Å². The molecule has 0 aromatic heterocycles. The van der Waals surface area contributed by atoms with Gasteiger partial charge in [0.2, 0.25) is 10.5 Å². The zero-order chi connectivity index (χ0) is 6.57. The van der Waals surface area contributed by atoms with E-state index in [1.54, 1.807) is 0 Å². The molecule has 0 N–H and O–H groups in total. The normalized spacial score (nSPS) is 9.88. The summed E-state index contributed by atoms with van der Waals surface area (Å²) in [6.07, 6.45) is 0.929. The van der Waals surface area contributed by atoms with Crippen LogP contribution >= 0.6 is 12.2 Å². The molecular weight excluding hydrogens is 136 g/mol. The van der Waals surface area contributed by atoms with Gasteiger partial charge in [0.05, 0.1) is 0 Å². The van der Waals surface area contributed by atoms with Crippen molar-refractivity contribution in [1.82, 2.24) is 0 Å². The Morgan fingerprint density at radius 1 is 1.75 bits per heavy atom. The monoisotopic (exact) mass is 148 g/mol. The Morgan fingerprint density at radius 3 is 2.38 bits per heavy atom. The molecule has 0 aliphatic heterocycles. The Labute approximate surface area is 59.0 Å². The molecule has 0 rings (SSSR count). The Bertz CT molecular complexity index is 82.5. The number of rotatable bonds is 2. The number of hydrogen-bond donors (Lipinski definition) is 0. The molecule has 48 valence electrons. The average Bonchev–Trinajstić information content (AvgIpc) is 1.65. The van der Waals surface area contributed by atoms with E-state index in [2.05, 4.69) is 13.8 Å². The van der Waals surface area contributed by atoms with E-state index in [4.69, 9.17) is 16.6 Å². The highest BCUT2D eigenvalue weighted by Gasteiger charge is 1.96. The van der Waals surface area contributed by atoms with Gasteiger partial charge in [-0.25, -0.2) is 0 Å². The zero-order valence-corrected chi connectivity index (χ0v) is 8.42. The van der Waals surface area contributed by atoms with Crippen LogP contribution in [0.5, 0.6) is 0 Å².